The summed E-state index contributed by atoms with van der Waals surface area (Å²) in [6, 6.07) is 50.9. The van der Waals surface area contributed by atoms with E-state index in [9.17, 15) is 0 Å². The first kappa shape index (κ1) is 26.4. The second-order valence-electron chi connectivity index (χ2n) is 12.6. The summed E-state index contributed by atoms with van der Waals surface area (Å²) in [5.74, 6) is 0. The van der Waals surface area contributed by atoms with Crippen LogP contribution in [0.3, 0.4) is 0 Å². The van der Waals surface area contributed by atoms with Crippen LogP contribution in [0.15, 0.2) is 161 Å². The first-order valence-corrected chi connectivity index (χ1v) is 16.4. The van der Waals surface area contributed by atoms with Crippen LogP contribution in [0.2, 0.25) is 0 Å². The van der Waals surface area contributed by atoms with Crippen molar-refractivity contribution in [2.45, 2.75) is 0 Å². The molecule has 0 spiro atoms. The van der Waals surface area contributed by atoms with Crippen LogP contribution >= 0.6 is 0 Å². The molecule has 228 valence electrons. The van der Waals surface area contributed by atoms with E-state index in [0.717, 1.165) is 77.3 Å². The first-order chi connectivity index (χ1) is 24.3. The Bertz CT molecular complexity index is 3110. The summed E-state index contributed by atoms with van der Waals surface area (Å²) in [6.07, 6.45) is 1.85. The summed E-state index contributed by atoms with van der Waals surface area (Å²) in [4.78, 5) is 9.90. The fraction of sp³-hybridized carbons (Fsp3) is 0. The van der Waals surface area contributed by atoms with Crippen LogP contribution in [0.25, 0.3) is 105 Å². The molecule has 11 rings (SSSR count). The molecule has 0 unspecified atom stereocenters. The number of benzene rings is 7. The smallest absolute Gasteiger partial charge is 0.246 e. The van der Waals surface area contributed by atoms with E-state index in [4.69, 9.17) is 18.8 Å². The third-order valence-electron chi connectivity index (χ3n) is 9.87. The molecule has 0 radical (unpaired) electrons. The molecule has 0 aliphatic rings. The maximum absolute atomic E-state index is 6.51. The standard InChI is InChI=1S/C44H25N3O2/c1-2-10-29(11-3-1)47-36-15-7-6-13-31(36)32-20-17-27(23-37(32)47)28-18-21-34-40(24-28)48-38-16-8-14-33(41(34)38)35-25-45-43-42-30-12-5-4-9-26(30)19-22-39(42)49-44(43)46-35/h1-25H. The zero-order valence-corrected chi connectivity index (χ0v) is 26.1. The van der Waals surface area contributed by atoms with Gasteiger partial charge >= 0.3 is 0 Å². The Hall–Kier alpha value is -6.72. The molecular formula is C44H25N3O2. The molecule has 0 aliphatic heterocycles. The van der Waals surface area contributed by atoms with Crippen molar-refractivity contribution in [3.8, 4) is 28.1 Å². The summed E-state index contributed by atoms with van der Waals surface area (Å²) in [7, 11) is 0. The van der Waals surface area contributed by atoms with Gasteiger partial charge in [0.15, 0.2) is 0 Å². The van der Waals surface area contributed by atoms with Crippen molar-refractivity contribution in [3.63, 3.8) is 0 Å². The maximum Gasteiger partial charge on any atom is 0.246 e. The van der Waals surface area contributed by atoms with E-state index >= 15 is 0 Å². The second-order valence-corrected chi connectivity index (χ2v) is 12.6. The lowest BCUT2D eigenvalue weighted by Crippen LogP contribution is -1.93. The Morgan fingerprint density at radius 1 is 0.490 bits per heavy atom. The normalized spacial score (nSPS) is 12.1. The van der Waals surface area contributed by atoms with Crippen molar-refractivity contribution in [2.75, 3.05) is 0 Å². The largest absolute Gasteiger partial charge is 0.456 e. The summed E-state index contributed by atoms with van der Waals surface area (Å²) >= 11 is 0. The summed E-state index contributed by atoms with van der Waals surface area (Å²) in [5, 5.41) is 7.77. The minimum atomic E-state index is 0.527. The zero-order chi connectivity index (χ0) is 32.1. The highest BCUT2D eigenvalue weighted by Crippen LogP contribution is 2.40. The van der Waals surface area contributed by atoms with Crippen LogP contribution in [0.5, 0.6) is 0 Å². The number of fused-ring (bicyclic) bond motifs is 11. The molecule has 0 N–H and O–H groups in total. The van der Waals surface area contributed by atoms with E-state index in [1.807, 2.05) is 36.5 Å². The molecule has 0 saturated carbocycles. The Morgan fingerprint density at radius 2 is 1.24 bits per heavy atom. The number of hydrogen-bond acceptors (Lipinski definition) is 4. The zero-order valence-electron chi connectivity index (χ0n) is 26.1. The van der Waals surface area contributed by atoms with Gasteiger partial charge in [-0.2, -0.15) is 0 Å². The minimum absolute atomic E-state index is 0.527. The van der Waals surface area contributed by atoms with Crippen molar-refractivity contribution < 1.29 is 8.83 Å². The Kier molecular flexibility index (Phi) is 5.32. The third-order valence-corrected chi connectivity index (χ3v) is 9.87. The quantitative estimate of drug-likeness (QED) is 0.196. The lowest BCUT2D eigenvalue weighted by Gasteiger charge is -2.09. The van der Waals surface area contributed by atoms with Gasteiger partial charge in [0.2, 0.25) is 5.71 Å². The van der Waals surface area contributed by atoms with Gasteiger partial charge in [0.25, 0.3) is 0 Å². The van der Waals surface area contributed by atoms with Crippen LogP contribution in [0, 0.1) is 0 Å². The summed E-state index contributed by atoms with van der Waals surface area (Å²) in [5.41, 5.74) is 11.1. The molecule has 0 atom stereocenters. The van der Waals surface area contributed by atoms with Crippen LogP contribution in [-0.2, 0) is 0 Å². The molecule has 11 aromatic rings. The fourth-order valence-corrected chi connectivity index (χ4v) is 7.65. The molecule has 0 aliphatic carbocycles. The van der Waals surface area contributed by atoms with E-state index in [1.165, 1.54) is 21.8 Å². The van der Waals surface area contributed by atoms with E-state index in [0.29, 0.717) is 5.71 Å². The first-order valence-electron chi connectivity index (χ1n) is 16.4. The van der Waals surface area contributed by atoms with Gasteiger partial charge < -0.3 is 13.4 Å². The fourth-order valence-electron chi connectivity index (χ4n) is 7.65. The molecule has 4 aromatic heterocycles. The van der Waals surface area contributed by atoms with Crippen LogP contribution in [0.4, 0.5) is 0 Å². The molecule has 0 bridgehead atoms. The van der Waals surface area contributed by atoms with Gasteiger partial charge in [-0.15, -0.1) is 0 Å². The molecule has 0 amide bonds. The highest BCUT2D eigenvalue weighted by Gasteiger charge is 2.19. The topological polar surface area (TPSA) is 57.0 Å². The lowest BCUT2D eigenvalue weighted by molar-refractivity contribution is 0.653. The van der Waals surface area contributed by atoms with Crippen LogP contribution in [0.1, 0.15) is 0 Å². The number of hydrogen-bond donors (Lipinski definition) is 0. The average molecular weight is 628 g/mol. The molecule has 7 aromatic carbocycles. The molecule has 5 nitrogen and oxygen atoms in total. The lowest BCUT2D eigenvalue weighted by atomic mass is 10.00. The van der Waals surface area contributed by atoms with Crippen molar-refractivity contribution in [3.05, 3.63) is 152 Å². The van der Waals surface area contributed by atoms with E-state index < -0.39 is 0 Å². The number of rotatable bonds is 3. The van der Waals surface area contributed by atoms with Crippen molar-refractivity contribution >= 4 is 76.7 Å². The van der Waals surface area contributed by atoms with Gasteiger partial charge in [0.1, 0.15) is 22.3 Å². The Labute approximate surface area is 279 Å². The van der Waals surface area contributed by atoms with Gasteiger partial charge in [-0.05, 0) is 70.4 Å². The molecule has 0 saturated heterocycles. The Morgan fingerprint density at radius 3 is 2.16 bits per heavy atom. The van der Waals surface area contributed by atoms with E-state index in [1.54, 1.807) is 0 Å². The van der Waals surface area contributed by atoms with Crippen molar-refractivity contribution in [2.24, 2.45) is 0 Å². The molecular weight excluding hydrogens is 603 g/mol. The number of para-hydroxylation sites is 2. The molecule has 4 heterocycles. The van der Waals surface area contributed by atoms with Gasteiger partial charge in [0.05, 0.1) is 28.3 Å². The average Bonchev–Trinajstić information content (AvgIpc) is 3.83. The number of aromatic nitrogens is 3. The van der Waals surface area contributed by atoms with Gasteiger partial charge in [-0.1, -0.05) is 97.1 Å². The minimum Gasteiger partial charge on any atom is -0.456 e. The van der Waals surface area contributed by atoms with Crippen LogP contribution < -0.4 is 0 Å². The number of furan rings is 2. The van der Waals surface area contributed by atoms with Crippen molar-refractivity contribution in [1.82, 2.24) is 14.5 Å². The molecule has 0 fully saturated rings. The number of nitrogens with zero attached hydrogens (tertiary/aromatic N) is 3. The second kappa shape index (κ2) is 9.89. The predicted octanol–water partition coefficient (Wildman–Crippen LogP) is 11.9. The highest BCUT2D eigenvalue weighted by atomic mass is 16.3. The summed E-state index contributed by atoms with van der Waals surface area (Å²) < 4.78 is 15.1. The molecule has 49 heavy (non-hydrogen) atoms. The van der Waals surface area contributed by atoms with Gasteiger partial charge in [-0.3, -0.25) is 0 Å². The SMILES string of the molecule is c1ccc(-n2c3ccccc3c3ccc(-c4ccc5c(c4)oc4cccc(-c6cnc7c(n6)oc6ccc8ccccc8c67)c45)cc32)cc1. The van der Waals surface area contributed by atoms with E-state index in [2.05, 4.69) is 120 Å². The van der Waals surface area contributed by atoms with Crippen LogP contribution in [-0.4, -0.2) is 14.5 Å². The monoisotopic (exact) mass is 627 g/mol. The maximum atomic E-state index is 6.51. The van der Waals surface area contributed by atoms with Gasteiger partial charge in [0, 0.05) is 32.8 Å². The third kappa shape index (κ3) is 3.81. The van der Waals surface area contributed by atoms with Crippen molar-refractivity contribution in [1.29, 1.82) is 0 Å². The Balaban J connectivity index is 1.06. The highest BCUT2D eigenvalue weighted by molar-refractivity contribution is 6.18. The predicted molar refractivity (Wildman–Crippen MR) is 199 cm³/mol. The summed E-state index contributed by atoms with van der Waals surface area (Å²) in [6.45, 7) is 0. The molecule has 5 heteroatoms. The van der Waals surface area contributed by atoms with Gasteiger partial charge in [-0.25, -0.2) is 9.97 Å². The van der Waals surface area contributed by atoms with E-state index in [-0.39, 0.29) is 0 Å².